The van der Waals surface area contributed by atoms with Crippen LogP contribution >= 0.6 is 12.6 Å². The molecule has 0 spiro atoms. The summed E-state index contributed by atoms with van der Waals surface area (Å²) in [5, 5.41) is 0. The second kappa shape index (κ2) is 7.61. The summed E-state index contributed by atoms with van der Waals surface area (Å²) in [5.74, 6) is 2.54. The summed E-state index contributed by atoms with van der Waals surface area (Å²) in [6.07, 6.45) is 3.50. The van der Waals surface area contributed by atoms with E-state index >= 15 is 0 Å². The van der Waals surface area contributed by atoms with E-state index in [-0.39, 0.29) is 0 Å². The Kier molecular flexibility index (Phi) is 6.39. The lowest BCUT2D eigenvalue weighted by atomic mass is 10.0. The summed E-state index contributed by atoms with van der Waals surface area (Å²) in [4.78, 5) is 0. The van der Waals surface area contributed by atoms with Crippen LogP contribution < -0.4 is 4.74 Å². The van der Waals surface area contributed by atoms with Crippen molar-refractivity contribution in [3.05, 3.63) is 29.8 Å². The van der Waals surface area contributed by atoms with Crippen molar-refractivity contribution in [3.8, 4) is 5.75 Å². The zero-order valence-corrected chi connectivity index (χ0v) is 11.2. The monoisotopic (exact) mass is 238 g/mol. The third-order valence-corrected chi connectivity index (χ3v) is 2.91. The maximum atomic E-state index is 5.72. The van der Waals surface area contributed by atoms with Crippen molar-refractivity contribution in [1.82, 2.24) is 0 Å². The number of thiol groups is 1. The highest BCUT2D eigenvalue weighted by Gasteiger charge is 2.00. The molecule has 0 aromatic heterocycles. The van der Waals surface area contributed by atoms with Crippen LogP contribution in [0.25, 0.3) is 0 Å². The molecule has 0 saturated heterocycles. The molecular formula is C14H22OS. The largest absolute Gasteiger partial charge is 0.494 e. The van der Waals surface area contributed by atoms with E-state index in [1.165, 1.54) is 18.4 Å². The van der Waals surface area contributed by atoms with Crippen molar-refractivity contribution < 1.29 is 4.74 Å². The molecule has 1 rings (SSSR count). The predicted molar refractivity (Wildman–Crippen MR) is 73.7 cm³/mol. The van der Waals surface area contributed by atoms with Gasteiger partial charge in [0.05, 0.1) is 6.61 Å². The third-order valence-electron chi connectivity index (χ3n) is 2.60. The van der Waals surface area contributed by atoms with Crippen molar-refractivity contribution in [2.45, 2.75) is 39.0 Å². The number of benzene rings is 1. The number of ether oxygens (including phenoxy) is 1. The van der Waals surface area contributed by atoms with Crippen LogP contribution in [0.4, 0.5) is 0 Å². The normalized spacial score (nSPS) is 10.8. The van der Waals surface area contributed by atoms with E-state index in [1.54, 1.807) is 0 Å². The summed E-state index contributed by atoms with van der Waals surface area (Å²) < 4.78 is 5.72. The topological polar surface area (TPSA) is 9.23 Å². The molecule has 0 bridgehead atoms. The van der Waals surface area contributed by atoms with Gasteiger partial charge >= 0.3 is 0 Å². The number of hydrogen-bond donors (Lipinski definition) is 1. The zero-order valence-electron chi connectivity index (χ0n) is 10.3. The second-order valence-electron chi connectivity index (χ2n) is 4.36. The van der Waals surface area contributed by atoms with E-state index in [0.717, 1.165) is 24.5 Å². The lowest BCUT2D eigenvalue weighted by molar-refractivity contribution is 0.306. The van der Waals surface area contributed by atoms with E-state index in [4.69, 9.17) is 4.74 Å². The highest BCUT2D eigenvalue weighted by molar-refractivity contribution is 7.80. The standard InChI is InChI=1S/C14H22OS/c1-12(2)13-7-6-8-14(11-13)15-9-4-3-5-10-16/h6-8,11-12,16H,3-5,9-10H2,1-2H3. The van der Waals surface area contributed by atoms with Crippen LogP contribution in [0.1, 0.15) is 44.6 Å². The quantitative estimate of drug-likeness (QED) is 0.551. The first-order valence-corrected chi connectivity index (χ1v) is 6.71. The van der Waals surface area contributed by atoms with Crippen LogP contribution in [0, 0.1) is 0 Å². The summed E-state index contributed by atoms with van der Waals surface area (Å²) in [5.41, 5.74) is 1.34. The van der Waals surface area contributed by atoms with E-state index in [1.807, 2.05) is 6.07 Å². The van der Waals surface area contributed by atoms with Gasteiger partial charge in [0.25, 0.3) is 0 Å². The van der Waals surface area contributed by atoms with Crippen molar-refractivity contribution in [2.24, 2.45) is 0 Å². The van der Waals surface area contributed by atoms with Crippen molar-refractivity contribution >= 4 is 12.6 Å². The highest BCUT2D eigenvalue weighted by atomic mass is 32.1. The third kappa shape index (κ3) is 4.93. The molecule has 90 valence electrons. The SMILES string of the molecule is CC(C)c1cccc(OCCCCCS)c1. The van der Waals surface area contributed by atoms with Gasteiger partial charge in [-0.15, -0.1) is 0 Å². The van der Waals surface area contributed by atoms with Gasteiger partial charge < -0.3 is 4.74 Å². The van der Waals surface area contributed by atoms with Gasteiger partial charge in [-0.3, -0.25) is 0 Å². The molecule has 0 atom stereocenters. The van der Waals surface area contributed by atoms with Crippen LogP contribution in [0.3, 0.4) is 0 Å². The Labute approximate surface area is 105 Å². The molecule has 1 nitrogen and oxygen atoms in total. The number of hydrogen-bond acceptors (Lipinski definition) is 2. The molecule has 0 amide bonds. The fourth-order valence-electron chi connectivity index (χ4n) is 1.54. The van der Waals surface area contributed by atoms with Gasteiger partial charge in [-0.1, -0.05) is 26.0 Å². The van der Waals surface area contributed by atoms with Gasteiger partial charge in [-0.05, 0) is 48.6 Å². The van der Waals surface area contributed by atoms with Crippen LogP contribution in [0.15, 0.2) is 24.3 Å². The van der Waals surface area contributed by atoms with Crippen molar-refractivity contribution in [1.29, 1.82) is 0 Å². The predicted octanol–water partition coefficient (Wildman–Crippen LogP) is 4.29. The number of rotatable bonds is 7. The van der Waals surface area contributed by atoms with Crippen LogP contribution in [-0.4, -0.2) is 12.4 Å². The molecule has 2 heteroatoms. The lowest BCUT2D eigenvalue weighted by Crippen LogP contribution is -1.98. The van der Waals surface area contributed by atoms with Gasteiger partial charge in [-0.2, -0.15) is 12.6 Å². The van der Waals surface area contributed by atoms with E-state index < -0.39 is 0 Å². The van der Waals surface area contributed by atoms with Crippen LogP contribution in [-0.2, 0) is 0 Å². The molecule has 0 N–H and O–H groups in total. The molecule has 0 aliphatic rings. The maximum absolute atomic E-state index is 5.72. The Morgan fingerprint density at radius 3 is 2.69 bits per heavy atom. The minimum atomic E-state index is 0.563. The molecule has 16 heavy (non-hydrogen) atoms. The van der Waals surface area contributed by atoms with Crippen LogP contribution in [0.5, 0.6) is 5.75 Å². The first-order valence-electron chi connectivity index (χ1n) is 6.07. The van der Waals surface area contributed by atoms with E-state index in [0.29, 0.717) is 5.92 Å². The Hall–Kier alpha value is -0.630. The average Bonchev–Trinajstić information content (AvgIpc) is 2.29. The lowest BCUT2D eigenvalue weighted by Gasteiger charge is -2.09. The van der Waals surface area contributed by atoms with Gasteiger partial charge in [0.2, 0.25) is 0 Å². The first kappa shape index (κ1) is 13.4. The van der Waals surface area contributed by atoms with Gasteiger partial charge in [-0.25, -0.2) is 0 Å². The van der Waals surface area contributed by atoms with Crippen LogP contribution in [0.2, 0.25) is 0 Å². The fourth-order valence-corrected chi connectivity index (χ4v) is 1.77. The average molecular weight is 238 g/mol. The number of unbranched alkanes of at least 4 members (excludes halogenated alkanes) is 2. The van der Waals surface area contributed by atoms with Gasteiger partial charge in [0, 0.05) is 0 Å². The summed E-state index contributed by atoms with van der Waals surface area (Å²) in [6.45, 7) is 5.22. The Balaban J connectivity index is 2.33. The Morgan fingerprint density at radius 1 is 1.19 bits per heavy atom. The fraction of sp³-hybridized carbons (Fsp3) is 0.571. The Morgan fingerprint density at radius 2 is 2.00 bits per heavy atom. The zero-order chi connectivity index (χ0) is 11.8. The molecule has 0 fully saturated rings. The summed E-state index contributed by atoms with van der Waals surface area (Å²) >= 11 is 4.19. The molecule has 0 radical (unpaired) electrons. The second-order valence-corrected chi connectivity index (χ2v) is 4.81. The van der Waals surface area contributed by atoms with E-state index in [9.17, 15) is 0 Å². The van der Waals surface area contributed by atoms with Crippen molar-refractivity contribution in [3.63, 3.8) is 0 Å². The molecule has 0 heterocycles. The Bertz CT molecular complexity index is 297. The smallest absolute Gasteiger partial charge is 0.119 e. The van der Waals surface area contributed by atoms with Gasteiger partial charge in [0.1, 0.15) is 5.75 Å². The molecule has 0 unspecified atom stereocenters. The maximum Gasteiger partial charge on any atom is 0.119 e. The summed E-state index contributed by atoms with van der Waals surface area (Å²) in [6, 6.07) is 8.39. The molecule has 1 aromatic rings. The minimum absolute atomic E-state index is 0.563. The molecular weight excluding hydrogens is 216 g/mol. The molecule has 0 aliphatic heterocycles. The first-order chi connectivity index (χ1) is 7.74. The van der Waals surface area contributed by atoms with Crippen molar-refractivity contribution in [2.75, 3.05) is 12.4 Å². The van der Waals surface area contributed by atoms with Gasteiger partial charge in [0.15, 0.2) is 0 Å². The molecule has 0 aliphatic carbocycles. The van der Waals surface area contributed by atoms with E-state index in [2.05, 4.69) is 44.7 Å². The molecule has 0 saturated carbocycles. The molecule has 1 aromatic carbocycles. The minimum Gasteiger partial charge on any atom is -0.494 e. The summed E-state index contributed by atoms with van der Waals surface area (Å²) in [7, 11) is 0. The highest BCUT2D eigenvalue weighted by Crippen LogP contribution is 2.20.